The Balaban J connectivity index is 0.000000537. The molecule has 2 N–H and O–H groups in total. The third-order valence-corrected chi connectivity index (χ3v) is 4.20. The molecule has 0 spiro atoms. The molecule has 0 aliphatic carbocycles. The van der Waals surface area contributed by atoms with Crippen molar-refractivity contribution in [1.82, 2.24) is 5.32 Å². The Labute approximate surface area is 173 Å². The van der Waals surface area contributed by atoms with Gasteiger partial charge in [0.15, 0.2) is 0 Å². The lowest BCUT2D eigenvalue weighted by Crippen LogP contribution is -2.16. The van der Waals surface area contributed by atoms with Crippen molar-refractivity contribution in [2.24, 2.45) is 0 Å². The van der Waals surface area contributed by atoms with Gasteiger partial charge < -0.3 is 10.6 Å². The van der Waals surface area contributed by atoms with Crippen molar-refractivity contribution in [2.45, 2.75) is 40.7 Å². The van der Waals surface area contributed by atoms with Crippen LogP contribution in [0.2, 0.25) is 0 Å². The fraction of sp³-hybridized carbons (Fsp3) is 0.308. The molecule has 0 saturated heterocycles. The van der Waals surface area contributed by atoms with E-state index in [1.165, 1.54) is 28.8 Å². The van der Waals surface area contributed by atoms with E-state index in [4.69, 9.17) is 0 Å². The summed E-state index contributed by atoms with van der Waals surface area (Å²) in [4.78, 5) is 0. The van der Waals surface area contributed by atoms with E-state index in [2.05, 4.69) is 103 Å². The molecule has 0 unspecified atom stereocenters. The van der Waals surface area contributed by atoms with Crippen molar-refractivity contribution in [3.8, 4) is 0 Å². The van der Waals surface area contributed by atoms with Gasteiger partial charge in [-0.2, -0.15) is 0 Å². The molecule has 3 aromatic carbocycles. The van der Waals surface area contributed by atoms with Crippen LogP contribution in [-0.2, 0) is 13.0 Å². The minimum Gasteiger partial charge on any atom is -0.385 e. The van der Waals surface area contributed by atoms with Gasteiger partial charge in [0.1, 0.15) is 0 Å². The molecule has 0 aliphatic heterocycles. The molecule has 0 heterocycles. The maximum absolute atomic E-state index is 3.45. The van der Waals surface area contributed by atoms with E-state index in [0.717, 1.165) is 26.1 Å². The molecule has 0 saturated carbocycles. The summed E-state index contributed by atoms with van der Waals surface area (Å²) in [6.07, 6.45) is 2.27. The van der Waals surface area contributed by atoms with Crippen LogP contribution in [0.15, 0.2) is 84.9 Å². The fourth-order valence-corrected chi connectivity index (χ4v) is 2.73. The van der Waals surface area contributed by atoms with Crippen molar-refractivity contribution in [3.63, 3.8) is 0 Å². The first-order valence-corrected chi connectivity index (χ1v) is 9.87. The molecular weight excluding hydrogens is 340 g/mol. The van der Waals surface area contributed by atoms with Gasteiger partial charge in [-0.05, 0) is 55.1 Å². The average molecular weight is 380 g/mol. The van der Waals surface area contributed by atoms with Gasteiger partial charge in [0.25, 0.3) is 0 Å². The first-order valence-electron chi connectivity index (χ1n) is 9.87. The molecule has 0 radical (unpaired) electrons. The normalized spacial score (nSPS) is 9.64. The number of nitrogens with one attached hydrogen (secondary N) is 2. The number of aryl methyl sites for hydroxylation is 1. The maximum atomic E-state index is 3.45. The largest absolute Gasteiger partial charge is 0.385 e. The Bertz CT molecular complexity index is 703. The molecule has 3 rings (SSSR count). The number of benzene rings is 3. The van der Waals surface area contributed by atoms with Crippen LogP contribution < -0.4 is 10.6 Å². The van der Waals surface area contributed by atoms with Crippen molar-refractivity contribution < 1.29 is 1.43 Å². The summed E-state index contributed by atoms with van der Waals surface area (Å²) in [5, 5.41) is 6.79. The fourth-order valence-electron chi connectivity index (χ4n) is 2.73. The molecule has 2 heteroatoms. The Kier molecular flexibility index (Phi) is 12.1. The lowest BCUT2D eigenvalue weighted by molar-refractivity contribution is 0.687. The van der Waals surface area contributed by atoms with Crippen LogP contribution in [-0.4, -0.2) is 13.1 Å². The van der Waals surface area contributed by atoms with Gasteiger partial charge in [0.05, 0.1) is 0 Å². The van der Waals surface area contributed by atoms with Crippen LogP contribution in [0.5, 0.6) is 0 Å². The predicted molar refractivity (Wildman–Crippen MR) is 127 cm³/mol. The van der Waals surface area contributed by atoms with Gasteiger partial charge in [0, 0.05) is 20.2 Å². The van der Waals surface area contributed by atoms with E-state index in [9.17, 15) is 0 Å². The number of anilines is 1. The van der Waals surface area contributed by atoms with Crippen LogP contribution in [0.4, 0.5) is 5.69 Å². The first-order chi connectivity index (χ1) is 13.3. The Morgan fingerprint density at radius 2 is 1.39 bits per heavy atom. The number of hydrogen-bond donors (Lipinski definition) is 2. The quantitative estimate of drug-likeness (QED) is 0.425. The Hall–Kier alpha value is -2.58. The Morgan fingerprint density at radius 1 is 0.750 bits per heavy atom. The van der Waals surface area contributed by atoms with Gasteiger partial charge in [-0.15, -0.1) is 0 Å². The zero-order valence-corrected chi connectivity index (χ0v) is 16.6. The summed E-state index contributed by atoms with van der Waals surface area (Å²) in [7, 11) is 0. The second-order valence-corrected chi connectivity index (χ2v) is 6.69. The minimum absolute atomic E-state index is 0. The zero-order valence-electron chi connectivity index (χ0n) is 16.6. The van der Waals surface area contributed by atoms with Crippen molar-refractivity contribution in [3.05, 3.63) is 102 Å². The van der Waals surface area contributed by atoms with E-state index in [1.807, 2.05) is 6.07 Å². The number of hydrogen-bond acceptors (Lipinski definition) is 2. The monoisotopic (exact) mass is 379 g/mol. The lowest BCUT2D eigenvalue weighted by atomic mass is 10.1. The molecule has 3 aromatic rings. The lowest BCUT2D eigenvalue weighted by Gasteiger charge is -2.04. The highest BCUT2D eigenvalue weighted by atomic mass is 14.9. The second kappa shape index (κ2) is 14.5. The molecule has 2 nitrogen and oxygen atoms in total. The van der Waals surface area contributed by atoms with Crippen molar-refractivity contribution >= 4 is 5.69 Å². The van der Waals surface area contributed by atoms with E-state index < -0.39 is 0 Å². The SMILES string of the molecule is C.CCCNc1cccc(C)c1.[2HH].c1ccc(CCNCc2ccccc2)cc1. The smallest absolute Gasteiger partial charge is 0.0342 e. The van der Waals surface area contributed by atoms with Gasteiger partial charge in [0.2, 0.25) is 0 Å². The molecule has 0 bridgehead atoms. The first kappa shape index (κ1) is 23.5. The van der Waals surface area contributed by atoms with Gasteiger partial charge in [-0.3, -0.25) is 0 Å². The van der Waals surface area contributed by atoms with Crippen LogP contribution in [0, 0.1) is 6.92 Å². The second-order valence-electron chi connectivity index (χ2n) is 6.69. The average Bonchev–Trinajstić information content (AvgIpc) is 2.72. The maximum Gasteiger partial charge on any atom is 0.0342 e. The van der Waals surface area contributed by atoms with Crippen LogP contribution >= 0.6 is 0 Å². The minimum atomic E-state index is 0. The summed E-state index contributed by atoms with van der Waals surface area (Å²) >= 11 is 0. The molecule has 152 valence electrons. The van der Waals surface area contributed by atoms with Crippen LogP contribution in [0.1, 0.15) is 38.9 Å². The standard InChI is InChI=1S/C15H17N.C10H15N.CH4.H2/c1-3-7-14(8-4-1)11-12-16-13-15-9-5-2-6-10-15;1-3-7-11-10-6-4-5-9(2)8-10;;/h1-10,16H,11-13H2;4-6,8,11H,3,7H2,1-2H3;1H4;1H/i;;;1+1. The summed E-state index contributed by atoms with van der Waals surface area (Å²) in [6, 6.07) is 29.5. The summed E-state index contributed by atoms with van der Waals surface area (Å²) in [5.41, 5.74) is 5.27. The third-order valence-electron chi connectivity index (χ3n) is 4.20. The molecule has 0 amide bonds. The topological polar surface area (TPSA) is 24.1 Å². The van der Waals surface area contributed by atoms with Gasteiger partial charge in [-0.25, -0.2) is 0 Å². The van der Waals surface area contributed by atoms with Gasteiger partial charge >= 0.3 is 0 Å². The van der Waals surface area contributed by atoms with E-state index in [0.29, 0.717) is 0 Å². The van der Waals surface area contributed by atoms with E-state index in [1.54, 1.807) is 0 Å². The zero-order chi connectivity index (χ0) is 19.2. The molecular formula is C26H38N2. The summed E-state index contributed by atoms with van der Waals surface area (Å²) in [6.45, 7) is 7.32. The summed E-state index contributed by atoms with van der Waals surface area (Å²) in [5.74, 6) is 0. The molecule has 28 heavy (non-hydrogen) atoms. The van der Waals surface area contributed by atoms with E-state index in [-0.39, 0.29) is 8.85 Å². The van der Waals surface area contributed by atoms with Crippen molar-refractivity contribution in [1.29, 1.82) is 0 Å². The number of rotatable bonds is 8. The van der Waals surface area contributed by atoms with Crippen molar-refractivity contribution in [2.75, 3.05) is 18.4 Å². The molecule has 0 atom stereocenters. The highest BCUT2D eigenvalue weighted by Gasteiger charge is 1.92. The highest BCUT2D eigenvalue weighted by molar-refractivity contribution is 5.45. The Morgan fingerprint density at radius 3 is 2.00 bits per heavy atom. The highest BCUT2D eigenvalue weighted by Crippen LogP contribution is 2.08. The van der Waals surface area contributed by atoms with E-state index >= 15 is 0 Å². The third kappa shape index (κ3) is 9.94. The van der Waals surface area contributed by atoms with Crippen LogP contribution in [0.25, 0.3) is 0 Å². The van der Waals surface area contributed by atoms with Gasteiger partial charge in [-0.1, -0.05) is 87.1 Å². The molecule has 0 aromatic heterocycles. The summed E-state index contributed by atoms with van der Waals surface area (Å²) < 4.78 is 0. The molecule has 0 aliphatic rings. The molecule has 0 fully saturated rings. The van der Waals surface area contributed by atoms with Crippen LogP contribution in [0.3, 0.4) is 0 Å². The predicted octanol–water partition coefficient (Wildman–Crippen LogP) is 6.72.